The molecule has 2 aliphatic rings. The molecule has 1 unspecified atom stereocenters. The molecule has 1 aliphatic carbocycles. The Balaban J connectivity index is 1.69. The van der Waals surface area contributed by atoms with E-state index in [1.807, 2.05) is 18.7 Å². The first kappa shape index (κ1) is 19.8. The summed E-state index contributed by atoms with van der Waals surface area (Å²) in [6.45, 7) is 6.41. The number of likely N-dealkylation sites (tertiary alicyclic amines) is 1. The van der Waals surface area contributed by atoms with Crippen molar-refractivity contribution in [1.29, 1.82) is 0 Å². The largest absolute Gasteiger partial charge is 0.346 e. The van der Waals surface area contributed by atoms with Crippen LogP contribution in [-0.2, 0) is 19.9 Å². The maximum atomic E-state index is 12.6. The number of terminal acetylenes is 1. The Morgan fingerprint density at radius 2 is 2.07 bits per heavy atom. The summed E-state index contributed by atoms with van der Waals surface area (Å²) in [7, 11) is 4.33. The van der Waals surface area contributed by atoms with Gasteiger partial charge in [-0.25, -0.2) is 4.79 Å². The zero-order chi connectivity index (χ0) is 20.7. The minimum Gasteiger partial charge on any atom is -0.346 e. The van der Waals surface area contributed by atoms with E-state index in [0.29, 0.717) is 18.4 Å². The van der Waals surface area contributed by atoms with E-state index in [1.165, 1.54) is 27.7 Å². The van der Waals surface area contributed by atoms with Crippen LogP contribution in [0.2, 0.25) is 0 Å². The number of hydrogen-bond donors (Lipinski definition) is 1. The molecule has 0 saturated carbocycles. The van der Waals surface area contributed by atoms with Crippen LogP contribution in [0.15, 0.2) is 18.2 Å². The fraction of sp³-hybridized carbons (Fsp3) is 0.542. The van der Waals surface area contributed by atoms with Crippen molar-refractivity contribution in [3.05, 3.63) is 35.0 Å². The Kier molecular flexibility index (Phi) is 5.31. The van der Waals surface area contributed by atoms with Gasteiger partial charge in [0.05, 0.1) is 0 Å². The predicted octanol–water partition coefficient (Wildman–Crippen LogP) is 3.12. The van der Waals surface area contributed by atoms with Crippen LogP contribution in [-0.4, -0.2) is 59.2 Å². The molecule has 1 aliphatic heterocycles. The SMILES string of the molecule is C#CCc1c2c3c(cccc3n1C)C1C[C@H](NC(=O)N(CC)CC)CN(C)[C@@H]1C2. The normalized spacial score (nSPS) is 23.5. The second-order valence-corrected chi connectivity index (χ2v) is 8.48. The fourth-order valence-electron chi connectivity index (χ4n) is 5.56. The third-order valence-corrected chi connectivity index (χ3v) is 7.03. The highest BCUT2D eigenvalue weighted by atomic mass is 16.2. The van der Waals surface area contributed by atoms with E-state index in [9.17, 15) is 4.79 Å². The molecule has 2 heterocycles. The Bertz CT molecular complexity index is 965. The van der Waals surface area contributed by atoms with Gasteiger partial charge in [0.15, 0.2) is 0 Å². The first-order valence-corrected chi connectivity index (χ1v) is 10.8. The van der Waals surface area contributed by atoms with Gasteiger partial charge in [-0.15, -0.1) is 12.3 Å². The zero-order valence-corrected chi connectivity index (χ0v) is 18.0. The van der Waals surface area contributed by atoms with E-state index in [1.54, 1.807) is 0 Å². The number of carbonyl (C=O) groups is 1. The molecule has 0 radical (unpaired) electrons. The summed E-state index contributed by atoms with van der Waals surface area (Å²) in [5.41, 5.74) is 5.40. The lowest BCUT2D eigenvalue weighted by Crippen LogP contribution is -2.56. The van der Waals surface area contributed by atoms with Gasteiger partial charge in [-0.05, 0) is 50.9 Å². The van der Waals surface area contributed by atoms with Crippen LogP contribution in [0, 0.1) is 12.3 Å². The van der Waals surface area contributed by atoms with Gasteiger partial charge in [-0.3, -0.25) is 0 Å². The minimum atomic E-state index is 0.0533. The van der Waals surface area contributed by atoms with Crippen LogP contribution in [0.5, 0.6) is 0 Å². The van der Waals surface area contributed by atoms with Crippen molar-refractivity contribution < 1.29 is 4.79 Å². The standard InChI is InChI=1S/C24H32N4O/c1-6-10-20-19-14-22-18(17-11-9-12-21(23(17)19)27(20)5)13-16(15-26(22)4)25-24(29)28(7-2)8-3/h1,9,11-12,16,18,22H,7-8,10,13-15H2,2-5H3,(H,25,29)/t16-,18?,22+/m0/s1. The van der Waals surface area contributed by atoms with E-state index in [2.05, 4.69) is 53.0 Å². The van der Waals surface area contributed by atoms with Crippen molar-refractivity contribution in [2.24, 2.45) is 7.05 Å². The zero-order valence-electron chi connectivity index (χ0n) is 18.0. The number of piperidine rings is 1. The molecule has 154 valence electrons. The average Bonchev–Trinajstić information content (AvgIpc) is 2.97. The molecule has 1 aromatic heterocycles. The van der Waals surface area contributed by atoms with E-state index >= 15 is 0 Å². The summed E-state index contributed by atoms with van der Waals surface area (Å²) < 4.78 is 2.28. The van der Waals surface area contributed by atoms with Gasteiger partial charge < -0.3 is 19.7 Å². The third-order valence-electron chi connectivity index (χ3n) is 7.03. The van der Waals surface area contributed by atoms with Crippen molar-refractivity contribution >= 4 is 16.9 Å². The van der Waals surface area contributed by atoms with Crippen molar-refractivity contribution in [3.8, 4) is 12.3 Å². The Labute approximate surface area is 174 Å². The maximum absolute atomic E-state index is 12.6. The van der Waals surface area contributed by atoms with Gasteiger partial charge in [0.25, 0.3) is 0 Å². The Morgan fingerprint density at radius 1 is 1.31 bits per heavy atom. The van der Waals surface area contributed by atoms with Gasteiger partial charge in [0.2, 0.25) is 0 Å². The molecule has 2 aromatic rings. The monoisotopic (exact) mass is 392 g/mol. The molecule has 4 rings (SSSR count). The predicted molar refractivity (Wildman–Crippen MR) is 118 cm³/mol. The number of aryl methyl sites for hydroxylation is 1. The van der Waals surface area contributed by atoms with Crippen LogP contribution in [0.1, 0.15) is 43.0 Å². The van der Waals surface area contributed by atoms with Gasteiger partial charge in [0.1, 0.15) is 0 Å². The number of aromatic nitrogens is 1. The molecular weight excluding hydrogens is 360 g/mol. The van der Waals surface area contributed by atoms with Crippen LogP contribution < -0.4 is 5.32 Å². The minimum absolute atomic E-state index is 0.0533. The first-order chi connectivity index (χ1) is 14.0. The topological polar surface area (TPSA) is 40.5 Å². The lowest BCUT2D eigenvalue weighted by Gasteiger charge is -2.46. The van der Waals surface area contributed by atoms with Crippen molar-refractivity contribution in [3.63, 3.8) is 0 Å². The number of hydrogen-bond acceptors (Lipinski definition) is 2. The molecule has 1 saturated heterocycles. The van der Waals surface area contributed by atoms with Crippen molar-refractivity contribution in [2.75, 3.05) is 26.7 Å². The highest BCUT2D eigenvalue weighted by molar-refractivity contribution is 5.90. The number of benzene rings is 1. The highest BCUT2D eigenvalue weighted by Crippen LogP contribution is 2.45. The number of nitrogens with zero attached hydrogens (tertiary/aromatic N) is 3. The second kappa shape index (κ2) is 7.76. The Hall–Kier alpha value is -2.45. The molecular formula is C24H32N4O. The molecule has 1 fully saturated rings. The molecule has 29 heavy (non-hydrogen) atoms. The Morgan fingerprint density at radius 3 is 2.76 bits per heavy atom. The molecule has 5 heteroatoms. The number of nitrogens with one attached hydrogen (secondary N) is 1. The average molecular weight is 393 g/mol. The third kappa shape index (κ3) is 3.20. The van der Waals surface area contributed by atoms with E-state index in [4.69, 9.17) is 6.42 Å². The number of rotatable bonds is 4. The summed E-state index contributed by atoms with van der Waals surface area (Å²) in [6.07, 6.45) is 8.37. The van der Waals surface area contributed by atoms with Crippen LogP contribution >= 0.6 is 0 Å². The fourth-order valence-corrected chi connectivity index (χ4v) is 5.56. The van der Waals surface area contributed by atoms with Crippen LogP contribution in [0.3, 0.4) is 0 Å². The summed E-state index contributed by atoms with van der Waals surface area (Å²) in [5.74, 6) is 3.28. The highest BCUT2D eigenvalue weighted by Gasteiger charge is 2.41. The first-order valence-electron chi connectivity index (χ1n) is 10.8. The lowest BCUT2D eigenvalue weighted by molar-refractivity contribution is 0.124. The maximum Gasteiger partial charge on any atom is 0.317 e. The lowest BCUT2D eigenvalue weighted by atomic mass is 9.73. The molecule has 1 aromatic carbocycles. The summed E-state index contributed by atoms with van der Waals surface area (Å²) >= 11 is 0. The number of carbonyl (C=O) groups excluding carboxylic acids is 1. The number of amides is 2. The van der Waals surface area contributed by atoms with Crippen LogP contribution in [0.4, 0.5) is 4.79 Å². The van der Waals surface area contributed by atoms with E-state index in [-0.39, 0.29) is 12.1 Å². The molecule has 5 nitrogen and oxygen atoms in total. The molecule has 3 atom stereocenters. The number of likely N-dealkylation sites (N-methyl/N-ethyl adjacent to an activating group) is 1. The molecule has 1 N–H and O–H groups in total. The number of urea groups is 1. The van der Waals surface area contributed by atoms with Gasteiger partial charge >= 0.3 is 6.03 Å². The smallest absolute Gasteiger partial charge is 0.317 e. The summed E-state index contributed by atoms with van der Waals surface area (Å²) in [5, 5.41) is 4.68. The van der Waals surface area contributed by atoms with Crippen LogP contribution in [0.25, 0.3) is 10.9 Å². The van der Waals surface area contributed by atoms with Gasteiger partial charge in [-0.1, -0.05) is 12.1 Å². The van der Waals surface area contributed by atoms with Crippen molar-refractivity contribution in [2.45, 2.75) is 51.1 Å². The van der Waals surface area contributed by atoms with Gasteiger partial charge in [0, 0.05) is 67.7 Å². The van der Waals surface area contributed by atoms with Crippen molar-refractivity contribution in [1.82, 2.24) is 19.7 Å². The summed E-state index contributed by atoms with van der Waals surface area (Å²) in [4.78, 5) is 16.9. The van der Waals surface area contributed by atoms with E-state index in [0.717, 1.165) is 32.5 Å². The van der Waals surface area contributed by atoms with E-state index < -0.39 is 0 Å². The number of fused-ring (bicyclic) bond motifs is 2. The van der Waals surface area contributed by atoms with Gasteiger partial charge in [-0.2, -0.15) is 0 Å². The summed E-state index contributed by atoms with van der Waals surface area (Å²) in [6, 6.07) is 7.33. The second-order valence-electron chi connectivity index (χ2n) is 8.48. The molecule has 0 bridgehead atoms. The molecule has 2 amide bonds. The molecule has 0 spiro atoms. The quantitative estimate of drug-likeness (QED) is 0.812.